The van der Waals surface area contributed by atoms with Gasteiger partial charge >= 0.3 is 11.9 Å². The van der Waals surface area contributed by atoms with E-state index < -0.39 is 28.2 Å². The van der Waals surface area contributed by atoms with Gasteiger partial charge in [0.1, 0.15) is 11.5 Å². The van der Waals surface area contributed by atoms with Crippen LogP contribution in [-0.2, 0) is 55.6 Å². The molecule has 10 nitrogen and oxygen atoms in total. The number of aromatic amines is 2. The molecule has 0 unspecified atom stereocenters. The molecule has 12 heterocycles. The Labute approximate surface area is 714 Å². The van der Waals surface area contributed by atoms with E-state index in [1.165, 1.54) is 347 Å². The van der Waals surface area contributed by atoms with E-state index in [0.717, 1.165) is 130 Å². The van der Waals surface area contributed by atoms with Gasteiger partial charge in [0.25, 0.3) is 0 Å². The summed E-state index contributed by atoms with van der Waals surface area (Å²) in [6, 6.07) is 22.2. The van der Waals surface area contributed by atoms with Crippen LogP contribution < -0.4 is 9.47 Å². The topological polar surface area (TPSA) is 128 Å². The molecule has 10 heteroatoms. The number of rotatable bonds is 8. The van der Waals surface area contributed by atoms with Crippen LogP contribution in [0.1, 0.15) is 161 Å². The number of ether oxygens (including phenoxy) is 4. The average Bonchev–Trinajstić information content (AvgIpc) is 1.35. The molecule has 14 aliphatic rings. The third kappa shape index (κ3) is 4.74. The zero-order valence-corrected chi connectivity index (χ0v) is 70.5. The molecule has 14 bridgehead atoms. The standard InChI is InChI=1S/C117H64N4O6/c1-9-37-41(13-5)109-49-33-19-23-35(24-20-33)124-27-17-29-126-113(122)117(114(123)127-30-18-28-125-36-25-21-34(22-26-36)50(111-42(14-6)38(10-2)46(119-111)31-45(37)118-109)112-44(16-8)40(12-4)48(121-112)32-47-39(11-3)43(15-7)110(49)120-47)115-105-97-89-79-69-61-53-51-52-55-59-57(53)65-73-67(59)77-71-63(55)64-56(52)60-58-54(51)62(61)70-76-66(58)74-68(60)78-72(64)82-81(71)91-85(77)95-87(73)93(83(89)75(65)69)101(105)103(95)107-99(91)100-92(82)86(78)96-88(74)94-84(76)90(80(70)79)98(97)106(115)102(94)104(96)108(100)116(107,115)117/h19-26,31-32,118,121H,9-18,27-30H2,1-8H3. The molecule has 2 N–H and O–H groups in total. The minimum Gasteiger partial charge on any atom is -0.493 e. The Balaban J connectivity index is 0.591. The number of aromatic nitrogens is 4. The van der Waals surface area contributed by atoms with Gasteiger partial charge in [-0.1, -0.05) is 79.7 Å². The van der Waals surface area contributed by atoms with Crippen molar-refractivity contribution < 1.29 is 28.5 Å². The molecule has 47 rings (SSSR count). The van der Waals surface area contributed by atoms with Crippen molar-refractivity contribution in [2.24, 2.45) is 5.41 Å². The third-order valence-corrected chi connectivity index (χ3v) is 38.1. The maximum atomic E-state index is 18.4. The lowest BCUT2D eigenvalue weighted by molar-refractivity contribution is -0.166. The number of H-pyrrole nitrogens is 2. The lowest BCUT2D eigenvalue weighted by Gasteiger charge is -2.32. The smallest absolute Gasteiger partial charge is 0.326 e. The first-order valence-corrected chi connectivity index (χ1v) is 47.6. The molecule has 0 radical (unpaired) electrons. The van der Waals surface area contributed by atoms with Crippen molar-refractivity contribution in [2.75, 3.05) is 26.4 Å². The number of carbonyl (C=O) groups is 2. The van der Waals surface area contributed by atoms with E-state index in [4.69, 9.17) is 28.9 Å². The normalized spacial score (nSPS) is 18.2. The Morgan fingerprint density at radius 1 is 0.260 bits per heavy atom. The molecule has 127 heavy (non-hydrogen) atoms. The highest BCUT2D eigenvalue weighted by Gasteiger charge is 3.01. The molecule has 3 spiro atoms. The first-order chi connectivity index (χ1) is 62.7. The van der Waals surface area contributed by atoms with Gasteiger partial charge in [0, 0.05) is 35.0 Å². The van der Waals surface area contributed by atoms with Gasteiger partial charge in [0.15, 0.2) is 5.41 Å². The number of hydrogen-bond acceptors (Lipinski definition) is 8. The van der Waals surface area contributed by atoms with Crippen LogP contribution in [0.15, 0.2) is 60.7 Å². The summed E-state index contributed by atoms with van der Waals surface area (Å²) in [5, 5.41) is 78.2. The molecule has 30 aromatic carbocycles. The molecule has 1 fully saturated rings. The van der Waals surface area contributed by atoms with Crippen LogP contribution in [0.25, 0.3) is 357 Å². The monoisotopic (exact) mass is 1620 g/mol. The van der Waals surface area contributed by atoms with Crippen LogP contribution in [0.2, 0.25) is 0 Å². The van der Waals surface area contributed by atoms with Crippen molar-refractivity contribution in [3.8, 4) is 33.8 Å². The van der Waals surface area contributed by atoms with Gasteiger partial charge in [0.05, 0.1) is 71.1 Å². The highest BCUT2D eigenvalue weighted by Crippen LogP contribution is 2.97. The molecule has 588 valence electrons. The first-order valence-electron chi connectivity index (χ1n) is 47.6. The van der Waals surface area contributed by atoms with E-state index in [1.54, 1.807) is 10.8 Å². The minimum atomic E-state index is -1.92. The highest BCUT2D eigenvalue weighted by molar-refractivity contribution is 6.83. The van der Waals surface area contributed by atoms with Gasteiger partial charge in [-0.3, -0.25) is 9.59 Å². The maximum Gasteiger partial charge on any atom is 0.326 e. The molecular formula is C117H64N4O6. The fraction of sp³-hybridized carbons (Fsp3) is 0.214. The maximum absolute atomic E-state index is 18.4. The number of nitrogens with zero attached hydrogens (tertiary/aromatic N) is 2. The minimum absolute atomic E-state index is 0.0402. The summed E-state index contributed by atoms with van der Waals surface area (Å²) in [4.78, 5) is 57.1. The molecule has 5 aliphatic carbocycles. The Kier molecular flexibility index (Phi) is 8.39. The predicted molar refractivity (Wildman–Crippen MR) is 523 cm³/mol. The van der Waals surface area contributed by atoms with Gasteiger partial charge in [0.2, 0.25) is 0 Å². The fourth-order valence-corrected chi connectivity index (χ4v) is 35.6. The predicted octanol–water partition coefficient (Wildman–Crippen LogP) is 29.3. The van der Waals surface area contributed by atoms with Crippen LogP contribution in [0, 0.1) is 5.41 Å². The Morgan fingerprint density at radius 3 is 0.701 bits per heavy atom. The van der Waals surface area contributed by atoms with Crippen LogP contribution in [-0.4, -0.2) is 58.3 Å². The summed E-state index contributed by atoms with van der Waals surface area (Å²) < 4.78 is 28.9. The van der Waals surface area contributed by atoms with E-state index in [0.29, 0.717) is 12.8 Å². The molecule has 1 saturated carbocycles. The van der Waals surface area contributed by atoms with E-state index in [1.807, 2.05) is 0 Å². The number of esters is 2. The van der Waals surface area contributed by atoms with Crippen molar-refractivity contribution in [1.82, 2.24) is 19.9 Å². The zero-order chi connectivity index (χ0) is 81.5. The van der Waals surface area contributed by atoms with E-state index in [9.17, 15) is 0 Å². The van der Waals surface area contributed by atoms with Crippen molar-refractivity contribution in [3.63, 3.8) is 0 Å². The number of aryl methyl sites for hydroxylation is 4. The summed E-state index contributed by atoms with van der Waals surface area (Å²) in [6.45, 7) is 19.0. The van der Waals surface area contributed by atoms with E-state index in [2.05, 4.69) is 126 Å². The lowest BCUT2D eigenvalue weighted by atomic mass is 9.68. The summed E-state index contributed by atoms with van der Waals surface area (Å²) in [6.07, 6.45) is 7.33. The van der Waals surface area contributed by atoms with Crippen molar-refractivity contribution in [3.05, 3.63) is 128 Å². The van der Waals surface area contributed by atoms with Crippen molar-refractivity contribution in [1.29, 1.82) is 0 Å². The molecule has 3 aromatic heterocycles. The quantitative estimate of drug-likeness (QED) is 0.0874. The van der Waals surface area contributed by atoms with Crippen LogP contribution in [0.5, 0.6) is 11.5 Å². The van der Waals surface area contributed by atoms with Gasteiger partial charge in [-0.05, 0) is 457 Å². The van der Waals surface area contributed by atoms with Gasteiger partial charge < -0.3 is 28.9 Å². The van der Waals surface area contributed by atoms with Gasteiger partial charge in [-0.25, -0.2) is 9.97 Å². The zero-order valence-electron chi connectivity index (χ0n) is 70.5. The van der Waals surface area contributed by atoms with Crippen molar-refractivity contribution >= 4 is 347 Å². The second-order valence-corrected chi connectivity index (χ2v) is 40.9. The Bertz CT molecular complexity index is 10200. The molecule has 9 aliphatic heterocycles. The highest BCUT2D eigenvalue weighted by atomic mass is 16.6. The van der Waals surface area contributed by atoms with Crippen LogP contribution in [0.3, 0.4) is 0 Å². The first kappa shape index (κ1) is 61.4. The second kappa shape index (κ2) is 17.4. The number of benzene rings is 20. The van der Waals surface area contributed by atoms with Gasteiger partial charge in [-0.15, -0.1) is 0 Å². The summed E-state index contributed by atoms with van der Waals surface area (Å²) in [5.41, 5.74) is 23.3. The molecule has 33 aromatic rings. The molecule has 0 amide bonds. The Hall–Kier alpha value is -14.0. The summed E-state index contributed by atoms with van der Waals surface area (Å²) in [7, 11) is 0. The van der Waals surface area contributed by atoms with Crippen LogP contribution >= 0.6 is 0 Å². The summed E-state index contributed by atoms with van der Waals surface area (Å²) in [5.74, 6) is 0.515. The number of hydrogen-bond donors (Lipinski definition) is 2. The van der Waals surface area contributed by atoms with E-state index in [-0.39, 0.29) is 26.4 Å². The fourth-order valence-electron chi connectivity index (χ4n) is 35.6. The summed E-state index contributed by atoms with van der Waals surface area (Å²) >= 11 is 0. The van der Waals surface area contributed by atoms with Crippen LogP contribution in [0.4, 0.5) is 0 Å². The number of allylic oxidation sites excluding steroid dienone is 4. The SMILES string of the molecule is CCC1=C(CC)c2nc1cc1[nH]c(c(CC)c1CC)c1c3nc(cc4[nH]c(c(CC)c4CC)c2-c2ccc(cc2)OCCCOC(=O)C2(C(=O)OCCCOc4ccc-1cc4)C14c5c6c7c8c9c%10c(c%11c%12c1c1c5c5c%13c6c6c7c7c9c9c%14c%10c%10c%11c%11c%12c%12c1c1c5c5c%13c%13c6c6c7c9c7c9c%14c%10c%10c%11c%11c%12c1c1c5c5c%13c6c7c6c9c%10c%11c1c56)C824)C(CC)=C3CC. The lowest BCUT2D eigenvalue weighted by Crippen LogP contribution is -2.39. The van der Waals surface area contributed by atoms with Gasteiger partial charge in [-0.2, -0.15) is 0 Å². The third-order valence-electron chi connectivity index (χ3n) is 38.1. The molecule has 0 saturated heterocycles. The second-order valence-electron chi connectivity index (χ2n) is 40.9. The van der Waals surface area contributed by atoms with Crippen molar-refractivity contribution in [2.45, 2.75) is 130 Å². The number of nitrogens with one attached hydrogen (secondary N) is 2. The molecule has 0 atom stereocenters. The van der Waals surface area contributed by atoms with E-state index >= 15 is 9.59 Å². The molecular weight excluding hydrogens is 1560 g/mol. The Morgan fingerprint density at radius 2 is 0.480 bits per heavy atom. The largest absolute Gasteiger partial charge is 0.493 e. The average molecular weight is 1620 g/mol. The number of carbonyl (C=O) groups excluding carboxylic acids is 2.